The smallest absolute Gasteiger partial charge is 0.411 e. The maximum atomic E-state index is 11.4. The van der Waals surface area contributed by atoms with Crippen LogP contribution < -0.4 is 5.32 Å². The molecule has 0 spiro atoms. The van der Waals surface area contributed by atoms with Gasteiger partial charge in [0.15, 0.2) is 0 Å². The molecule has 0 atom stereocenters. The Kier molecular flexibility index (Phi) is 7.20. The van der Waals surface area contributed by atoms with Crippen molar-refractivity contribution in [3.8, 4) is 0 Å². The summed E-state index contributed by atoms with van der Waals surface area (Å²) in [5, 5.41) is 3.30. The standard InChI is InChI=1S/C11H12Cl3NO3/c12-3-4-17-5-6-18-11(16)15-8-1-2-9(13)10(14)7-8/h1-2,7H,3-6H2,(H,15,16). The predicted molar refractivity (Wildman–Crippen MR) is 73.0 cm³/mol. The molecule has 0 saturated carbocycles. The molecule has 7 heteroatoms. The molecule has 0 aliphatic heterocycles. The highest BCUT2D eigenvalue weighted by Gasteiger charge is 2.05. The van der Waals surface area contributed by atoms with Gasteiger partial charge in [0, 0.05) is 11.6 Å². The van der Waals surface area contributed by atoms with Gasteiger partial charge < -0.3 is 9.47 Å². The monoisotopic (exact) mass is 311 g/mol. The number of hydrogen-bond donors (Lipinski definition) is 1. The molecule has 0 unspecified atom stereocenters. The third-order valence-electron chi connectivity index (χ3n) is 1.85. The van der Waals surface area contributed by atoms with E-state index in [-0.39, 0.29) is 6.61 Å². The molecule has 100 valence electrons. The van der Waals surface area contributed by atoms with Crippen molar-refractivity contribution in [2.75, 3.05) is 31.0 Å². The third kappa shape index (κ3) is 5.78. The number of ether oxygens (including phenoxy) is 2. The number of benzene rings is 1. The zero-order valence-electron chi connectivity index (χ0n) is 9.42. The first-order valence-electron chi connectivity index (χ1n) is 5.16. The number of halogens is 3. The summed E-state index contributed by atoms with van der Waals surface area (Å²) in [6.45, 7) is 0.894. The van der Waals surface area contributed by atoms with Gasteiger partial charge in [0.1, 0.15) is 6.61 Å². The normalized spacial score (nSPS) is 10.2. The molecule has 1 rings (SSSR count). The Morgan fingerprint density at radius 2 is 1.94 bits per heavy atom. The van der Waals surface area contributed by atoms with Gasteiger partial charge >= 0.3 is 6.09 Å². The first-order chi connectivity index (χ1) is 8.63. The summed E-state index contributed by atoms with van der Waals surface area (Å²) in [5.41, 5.74) is 0.510. The van der Waals surface area contributed by atoms with Crippen LogP contribution in [0.5, 0.6) is 0 Å². The van der Waals surface area contributed by atoms with Crippen LogP contribution >= 0.6 is 34.8 Å². The summed E-state index contributed by atoms with van der Waals surface area (Å²) in [5.74, 6) is 0.412. The van der Waals surface area contributed by atoms with E-state index in [1.54, 1.807) is 12.1 Å². The average molecular weight is 313 g/mol. The lowest BCUT2D eigenvalue weighted by molar-refractivity contribution is 0.0859. The number of hydrogen-bond acceptors (Lipinski definition) is 3. The Morgan fingerprint density at radius 3 is 2.61 bits per heavy atom. The van der Waals surface area contributed by atoms with Gasteiger partial charge in [-0.25, -0.2) is 4.79 Å². The molecule has 0 aliphatic rings. The van der Waals surface area contributed by atoms with Crippen molar-refractivity contribution in [3.05, 3.63) is 28.2 Å². The van der Waals surface area contributed by atoms with E-state index in [4.69, 9.17) is 44.3 Å². The summed E-state index contributed by atoms with van der Waals surface area (Å²) in [7, 11) is 0. The van der Waals surface area contributed by atoms with Crippen LogP contribution in [0.25, 0.3) is 0 Å². The van der Waals surface area contributed by atoms with E-state index in [9.17, 15) is 4.79 Å². The number of anilines is 1. The SMILES string of the molecule is O=C(Nc1ccc(Cl)c(Cl)c1)OCCOCCCl. The van der Waals surface area contributed by atoms with Gasteiger partial charge in [0.05, 0.1) is 23.3 Å². The van der Waals surface area contributed by atoms with E-state index in [0.717, 1.165) is 0 Å². The molecule has 0 aromatic heterocycles. The second kappa shape index (κ2) is 8.43. The van der Waals surface area contributed by atoms with E-state index in [2.05, 4.69) is 5.32 Å². The minimum Gasteiger partial charge on any atom is -0.447 e. The molecule has 18 heavy (non-hydrogen) atoms. The Balaban J connectivity index is 2.29. The average Bonchev–Trinajstić information content (AvgIpc) is 2.34. The quantitative estimate of drug-likeness (QED) is 0.642. The Labute approximate surface area is 120 Å². The van der Waals surface area contributed by atoms with E-state index in [0.29, 0.717) is 34.8 Å². The van der Waals surface area contributed by atoms with Gasteiger partial charge in [-0.05, 0) is 18.2 Å². The Morgan fingerprint density at radius 1 is 1.17 bits per heavy atom. The molecule has 0 fully saturated rings. The van der Waals surface area contributed by atoms with Crippen LogP contribution in [0.15, 0.2) is 18.2 Å². The van der Waals surface area contributed by atoms with E-state index >= 15 is 0 Å². The Bertz CT molecular complexity index is 401. The molecule has 0 aliphatic carbocycles. The van der Waals surface area contributed by atoms with Crippen LogP contribution in [0, 0.1) is 0 Å². The van der Waals surface area contributed by atoms with Crippen LogP contribution in [0.4, 0.5) is 10.5 Å². The molecule has 0 bridgehead atoms. The zero-order chi connectivity index (χ0) is 13.4. The van der Waals surface area contributed by atoms with Crippen molar-refractivity contribution in [2.45, 2.75) is 0 Å². The highest BCUT2D eigenvalue weighted by molar-refractivity contribution is 6.42. The lowest BCUT2D eigenvalue weighted by atomic mass is 10.3. The maximum absolute atomic E-state index is 11.4. The first-order valence-corrected chi connectivity index (χ1v) is 6.45. The van der Waals surface area contributed by atoms with Crippen molar-refractivity contribution in [1.82, 2.24) is 0 Å². The van der Waals surface area contributed by atoms with Crippen LogP contribution in [0.3, 0.4) is 0 Å². The van der Waals surface area contributed by atoms with Crippen LogP contribution in [-0.4, -0.2) is 31.8 Å². The first kappa shape index (κ1) is 15.4. The second-order valence-electron chi connectivity index (χ2n) is 3.19. The summed E-state index contributed by atoms with van der Waals surface area (Å²) in [6, 6.07) is 4.75. The van der Waals surface area contributed by atoms with Crippen LogP contribution in [0.1, 0.15) is 0 Å². The van der Waals surface area contributed by atoms with E-state index in [1.807, 2.05) is 0 Å². The molecule has 0 radical (unpaired) electrons. The maximum Gasteiger partial charge on any atom is 0.411 e. The van der Waals surface area contributed by atoms with E-state index in [1.165, 1.54) is 6.07 Å². The van der Waals surface area contributed by atoms with E-state index < -0.39 is 6.09 Å². The van der Waals surface area contributed by atoms with Crippen molar-refractivity contribution >= 4 is 46.6 Å². The van der Waals surface area contributed by atoms with Crippen molar-refractivity contribution < 1.29 is 14.3 Å². The molecule has 1 aromatic carbocycles. The molecule has 1 N–H and O–H groups in total. The zero-order valence-corrected chi connectivity index (χ0v) is 11.7. The topological polar surface area (TPSA) is 47.6 Å². The highest BCUT2D eigenvalue weighted by atomic mass is 35.5. The minimum atomic E-state index is -0.581. The molecule has 1 aromatic rings. The van der Waals surface area contributed by atoms with Crippen molar-refractivity contribution in [1.29, 1.82) is 0 Å². The summed E-state index contributed by atoms with van der Waals surface area (Å²) >= 11 is 17.0. The van der Waals surface area contributed by atoms with Gasteiger partial charge in [0.2, 0.25) is 0 Å². The number of rotatable bonds is 6. The fraction of sp³-hybridized carbons (Fsp3) is 0.364. The van der Waals surface area contributed by atoms with Crippen LogP contribution in [0.2, 0.25) is 10.0 Å². The third-order valence-corrected chi connectivity index (χ3v) is 2.74. The summed E-state index contributed by atoms with van der Waals surface area (Å²) in [6.07, 6.45) is -0.581. The number of alkyl halides is 1. The van der Waals surface area contributed by atoms with Crippen molar-refractivity contribution in [3.63, 3.8) is 0 Å². The largest absolute Gasteiger partial charge is 0.447 e. The molecule has 1 amide bonds. The fourth-order valence-electron chi connectivity index (χ4n) is 1.08. The summed E-state index contributed by atoms with van der Waals surface area (Å²) < 4.78 is 9.91. The molecule has 0 heterocycles. The molecule has 0 saturated heterocycles. The highest BCUT2D eigenvalue weighted by Crippen LogP contribution is 2.24. The van der Waals surface area contributed by atoms with Gasteiger partial charge in [-0.1, -0.05) is 23.2 Å². The lowest BCUT2D eigenvalue weighted by Gasteiger charge is -2.07. The summed E-state index contributed by atoms with van der Waals surface area (Å²) in [4.78, 5) is 11.4. The van der Waals surface area contributed by atoms with Crippen LogP contribution in [-0.2, 0) is 9.47 Å². The van der Waals surface area contributed by atoms with Gasteiger partial charge in [-0.15, -0.1) is 11.6 Å². The van der Waals surface area contributed by atoms with Gasteiger partial charge in [0.25, 0.3) is 0 Å². The molecule has 4 nitrogen and oxygen atoms in total. The van der Waals surface area contributed by atoms with Crippen molar-refractivity contribution in [2.24, 2.45) is 0 Å². The minimum absolute atomic E-state index is 0.157. The lowest BCUT2D eigenvalue weighted by Crippen LogP contribution is -2.17. The number of carbonyl (C=O) groups excluding carboxylic acids is 1. The molecular formula is C11H12Cl3NO3. The number of amides is 1. The predicted octanol–water partition coefficient (Wildman–Crippen LogP) is 3.80. The number of nitrogens with one attached hydrogen (secondary N) is 1. The second-order valence-corrected chi connectivity index (χ2v) is 4.38. The number of carbonyl (C=O) groups is 1. The van der Waals surface area contributed by atoms with Gasteiger partial charge in [-0.3, -0.25) is 5.32 Å². The van der Waals surface area contributed by atoms with Gasteiger partial charge in [-0.2, -0.15) is 0 Å². The fourth-order valence-corrected chi connectivity index (χ4v) is 1.48. The Hall–Kier alpha value is -0.680. The molecular weight excluding hydrogens is 300 g/mol.